The largest absolute Gasteiger partial charge is 0.392 e. The maximum absolute atomic E-state index is 9.28. The summed E-state index contributed by atoms with van der Waals surface area (Å²) in [4.78, 5) is 0. The summed E-state index contributed by atoms with van der Waals surface area (Å²) in [6, 6.07) is 12.4. The van der Waals surface area contributed by atoms with E-state index in [4.69, 9.17) is 0 Å². The summed E-state index contributed by atoms with van der Waals surface area (Å²) in [5.74, 6) is 0. The van der Waals surface area contributed by atoms with Gasteiger partial charge in [-0.1, -0.05) is 24.3 Å². The van der Waals surface area contributed by atoms with Crippen LogP contribution in [0.25, 0.3) is 10.8 Å². The minimum atomic E-state index is 0.0991. The van der Waals surface area contributed by atoms with E-state index in [0.717, 1.165) is 12.1 Å². The molecule has 0 radical (unpaired) electrons. The van der Waals surface area contributed by atoms with E-state index in [9.17, 15) is 5.11 Å². The zero-order valence-corrected chi connectivity index (χ0v) is 8.83. The van der Waals surface area contributed by atoms with Crippen molar-refractivity contribution in [1.82, 2.24) is 5.32 Å². The fraction of sp³-hybridized carbons (Fsp3) is 0.231. The van der Waals surface area contributed by atoms with Gasteiger partial charge in [0.2, 0.25) is 0 Å². The molecule has 0 fully saturated rings. The predicted octanol–water partition coefficient (Wildman–Crippen LogP) is 2.05. The third kappa shape index (κ3) is 2.01. The van der Waals surface area contributed by atoms with Gasteiger partial charge in [0.1, 0.15) is 0 Å². The van der Waals surface area contributed by atoms with E-state index in [0.29, 0.717) is 0 Å². The number of rotatable bonds is 3. The molecule has 2 heteroatoms. The SMILES string of the molecule is CNCc1cc2ccccc2cc1CO. The highest BCUT2D eigenvalue weighted by atomic mass is 16.3. The third-order valence-electron chi connectivity index (χ3n) is 2.61. The Hall–Kier alpha value is -1.38. The molecule has 0 atom stereocenters. The van der Waals surface area contributed by atoms with E-state index in [-0.39, 0.29) is 6.61 Å². The van der Waals surface area contributed by atoms with Gasteiger partial charge in [0.15, 0.2) is 0 Å². The number of hydrogen-bond acceptors (Lipinski definition) is 2. The highest BCUT2D eigenvalue weighted by Crippen LogP contribution is 2.20. The molecule has 2 rings (SSSR count). The van der Waals surface area contributed by atoms with Crippen molar-refractivity contribution in [2.45, 2.75) is 13.2 Å². The van der Waals surface area contributed by atoms with E-state index in [1.54, 1.807) is 0 Å². The monoisotopic (exact) mass is 201 g/mol. The van der Waals surface area contributed by atoms with Crippen LogP contribution in [0.4, 0.5) is 0 Å². The Kier molecular flexibility index (Phi) is 2.99. The van der Waals surface area contributed by atoms with Crippen LogP contribution in [-0.4, -0.2) is 12.2 Å². The predicted molar refractivity (Wildman–Crippen MR) is 62.6 cm³/mol. The maximum Gasteiger partial charge on any atom is 0.0685 e. The van der Waals surface area contributed by atoms with Gasteiger partial charge >= 0.3 is 0 Å². The second-order valence-electron chi connectivity index (χ2n) is 3.66. The number of fused-ring (bicyclic) bond motifs is 1. The molecular formula is C13H15NO. The molecule has 0 bridgehead atoms. The van der Waals surface area contributed by atoms with Crippen LogP contribution < -0.4 is 5.32 Å². The van der Waals surface area contributed by atoms with Crippen molar-refractivity contribution >= 4 is 10.8 Å². The fourth-order valence-electron chi connectivity index (χ4n) is 1.84. The van der Waals surface area contributed by atoms with Crippen molar-refractivity contribution in [1.29, 1.82) is 0 Å². The second-order valence-corrected chi connectivity index (χ2v) is 3.66. The van der Waals surface area contributed by atoms with Crippen LogP contribution in [0.3, 0.4) is 0 Å². The second kappa shape index (κ2) is 4.43. The Labute approximate surface area is 89.6 Å². The molecule has 0 spiro atoms. The van der Waals surface area contributed by atoms with Gasteiger partial charge in [-0.3, -0.25) is 0 Å². The summed E-state index contributed by atoms with van der Waals surface area (Å²) in [5, 5.41) is 14.8. The summed E-state index contributed by atoms with van der Waals surface area (Å²) >= 11 is 0. The van der Waals surface area contributed by atoms with Gasteiger partial charge in [-0.25, -0.2) is 0 Å². The topological polar surface area (TPSA) is 32.3 Å². The zero-order chi connectivity index (χ0) is 10.7. The van der Waals surface area contributed by atoms with Crippen LogP contribution in [0, 0.1) is 0 Å². The highest BCUT2D eigenvalue weighted by molar-refractivity contribution is 5.84. The summed E-state index contributed by atoms with van der Waals surface area (Å²) in [6.45, 7) is 0.891. The average molecular weight is 201 g/mol. The summed E-state index contributed by atoms with van der Waals surface area (Å²) in [6.07, 6.45) is 0. The normalized spacial score (nSPS) is 10.8. The minimum Gasteiger partial charge on any atom is -0.392 e. The van der Waals surface area contributed by atoms with Gasteiger partial charge in [0.25, 0.3) is 0 Å². The molecule has 0 aromatic heterocycles. The number of aliphatic hydroxyl groups is 1. The highest BCUT2D eigenvalue weighted by Gasteiger charge is 2.02. The first-order valence-corrected chi connectivity index (χ1v) is 5.11. The molecule has 0 heterocycles. The van der Waals surface area contributed by atoms with Gasteiger partial charge in [0, 0.05) is 6.54 Å². The molecular weight excluding hydrogens is 186 g/mol. The molecule has 0 saturated heterocycles. The smallest absolute Gasteiger partial charge is 0.0685 e. The molecule has 2 nitrogen and oxygen atoms in total. The van der Waals surface area contributed by atoms with Crippen LogP contribution in [0.5, 0.6) is 0 Å². The van der Waals surface area contributed by atoms with Gasteiger partial charge in [-0.2, -0.15) is 0 Å². The lowest BCUT2D eigenvalue weighted by Gasteiger charge is -2.09. The molecule has 0 aliphatic heterocycles. The number of hydrogen-bond donors (Lipinski definition) is 2. The molecule has 0 amide bonds. The Bertz CT molecular complexity index is 465. The number of aliphatic hydroxyl groups excluding tert-OH is 1. The molecule has 78 valence electrons. The van der Waals surface area contributed by atoms with Crippen LogP contribution in [0.1, 0.15) is 11.1 Å². The quantitative estimate of drug-likeness (QED) is 0.796. The van der Waals surface area contributed by atoms with Crippen molar-refractivity contribution in [2.75, 3.05) is 7.05 Å². The number of benzene rings is 2. The van der Waals surface area contributed by atoms with Crippen LogP contribution in [0.2, 0.25) is 0 Å². The average Bonchev–Trinajstić information content (AvgIpc) is 2.28. The van der Waals surface area contributed by atoms with Crippen LogP contribution in [-0.2, 0) is 13.2 Å². The van der Waals surface area contributed by atoms with Crippen LogP contribution >= 0.6 is 0 Å². The van der Waals surface area contributed by atoms with Gasteiger partial charge in [-0.15, -0.1) is 0 Å². The molecule has 15 heavy (non-hydrogen) atoms. The lowest BCUT2D eigenvalue weighted by Crippen LogP contribution is -2.07. The standard InChI is InChI=1S/C13H15NO/c1-14-8-12-6-10-4-2-3-5-11(10)7-13(12)9-15/h2-7,14-15H,8-9H2,1H3. The van der Waals surface area contributed by atoms with Gasteiger partial charge in [0.05, 0.1) is 6.61 Å². The summed E-state index contributed by atoms with van der Waals surface area (Å²) in [7, 11) is 1.91. The molecule has 0 saturated carbocycles. The van der Waals surface area contributed by atoms with Gasteiger partial charge in [-0.05, 0) is 41.1 Å². The molecule has 0 unspecified atom stereocenters. The molecule has 0 aliphatic rings. The fourth-order valence-corrected chi connectivity index (χ4v) is 1.84. The molecule has 2 aromatic carbocycles. The summed E-state index contributed by atoms with van der Waals surface area (Å²) in [5.41, 5.74) is 2.17. The minimum absolute atomic E-state index is 0.0991. The summed E-state index contributed by atoms with van der Waals surface area (Å²) < 4.78 is 0. The van der Waals surface area contributed by atoms with Crippen molar-refractivity contribution in [3.05, 3.63) is 47.5 Å². The third-order valence-corrected chi connectivity index (χ3v) is 2.61. The molecule has 2 aromatic rings. The molecule has 2 N–H and O–H groups in total. The van der Waals surface area contributed by atoms with E-state index < -0.39 is 0 Å². The van der Waals surface area contributed by atoms with Crippen molar-refractivity contribution < 1.29 is 5.11 Å². The van der Waals surface area contributed by atoms with Crippen molar-refractivity contribution in [3.63, 3.8) is 0 Å². The first-order valence-electron chi connectivity index (χ1n) is 5.11. The number of nitrogens with one attached hydrogen (secondary N) is 1. The molecule has 0 aliphatic carbocycles. The van der Waals surface area contributed by atoms with E-state index in [2.05, 4.69) is 29.6 Å². The van der Waals surface area contributed by atoms with E-state index in [1.807, 2.05) is 19.2 Å². The Morgan fingerprint density at radius 2 is 1.67 bits per heavy atom. The van der Waals surface area contributed by atoms with Crippen LogP contribution in [0.15, 0.2) is 36.4 Å². The van der Waals surface area contributed by atoms with Crippen molar-refractivity contribution in [3.8, 4) is 0 Å². The Morgan fingerprint density at radius 3 is 2.20 bits per heavy atom. The lowest BCUT2D eigenvalue weighted by atomic mass is 10.0. The van der Waals surface area contributed by atoms with E-state index >= 15 is 0 Å². The maximum atomic E-state index is 9.28. The first kappa shape index (κ1) is 10.1. The van der Waals surface area contributed by atoms with E-state index in [1.165, 1.54) is 16.3 Å². The van der Waals surface area contributed by atoms with Crippen molar-refractivity contribution in [2.24, 2.45) is 0 Å². The lowest BCUT2D eigenvalue weighted by molar-refractivity contribution is 0.280. The van der Waals surface area contributed by atoms with Gasteiger partial charge < -0.3 is 10.4 Å². The first-order chi connectivity index (χ1) is 7.35. The Balaban J connectivity index is 2.58. The Morgan fingerprint density at radius 1 is 1.07 bits per heavy atom. The zero-order valence-electron chi connectivity index (χ0n) is 8.83.